The van der Waals surface area contributed by atoms with Crippen LogP contribution in [0.4, 0.5) is 18.9 Å². The Labute approximate surface area is 80.5 Å². The molecule has 8 heteroatoms. The summed E-state index contributed by atoms with van der Waals surface area (Å²) in [5, 5.41) is 9.76. The zero-order chi connectivity index (χ0) is 10.9. The molecule has 0 amide bonds. The van der Waals surface area contributed by atoms with Crippen molar-refractivity contribution in [2.45, 2.75) is 6.18 Å². The Morgan fingerprint density at radius 2 is 2.07 bits per heavy atom. The summed E-state index contributed by atoms with van der Waals surface area (Å²) in [6.07, 6.45) is -4.33. The van der Waals surface area contributed by atoms with Gasteiger partial charge in [0, 0.05) is 0 Å². The molecule has 0 saturated heterocycles. The molecule has 0 unspecified atom stereocenters. The van der Waals surface area contributed by atoms with Crippen LogP contribution in [0.5, 0.6) is 0 Å². The molecule has 76 valence electrons. The molecule has 14 heavy (non-hydrogen) atoms. The Kier molecular flexibility index (Phi) is 2.61. The Bertz CT molecular complexity index is 380. The van der Waals surface area contributed by atoms with Crippen LogP contribution in [0.25, 0.3) is 0 Å². The Hall–Kier alpha value is -1.37. The SMILES string of the molecule is O=[N+]([O-])c1cnc(Cl)cc1C(F)(F)F. The molecule has 0 saturated carbocycles. The lowest BCUT2D eigenvalue weighted by molar-refractivity contribution is -0.388. The number of rotatable bonds is 1. The fourth-order valence-electron chi connectivity index (χ4n) is 0.795. The molecule has 0 atom stereocenters. The molecule has 1 aromatic heterocycles. The lowest BCUT2D eigenvalue weighted by Gasteiger charge is -2.06. The number of pyridine rings is 1. The van der Waals surface area contributed by atoms with E-state index in [-0.39, 0.29) is 0 Å². The van der Waals surface area contributed by atoms with Crippen molar-refractivity contribution in [3.8, 4) is 0 Å². The van der Waals surface area contributed by atoms with E-state index >= 15 is 0 Å². The molecular formula is C6H2ClF3N2O2. The summed E-state index contributed by atoms with van der Waals surface area (Å²) < 4.78 is 36.6. The summed E-state index contributed by atoms with van der Waals surface area (Å²) in [6, 6.07) is 0.416. The second kappa shape index (κ2) is 3.41. The van der Waals surface area contributed by atoms with Crippen LogP contribution in [0.2, 0.25) is 5.15 Å². The van der Waals surface area contributed by atoms with Crippen molar-refractivity contribution in [3.05, 3.63) is 33.1 Å². The molecular weight excluding hydrogens is 225 g/mol. The normalized spacial score (nSPS) is 11.4. The van der Waals surface area contributed by atoms with Gasteiger partial charge in [0.2, 0.25) is 0 Å². The van der Waals surface area contributed by atoms with Crippen molar-refractivity contribution in [3.63, 3.8) is 0 Å². The van der Waals surface area contributed by atoms with Gasteiger partial charge in [-0.3, -0.25) is 10.1 Å². The van der Waals surface area contributed by atoms with E-state index in [1.807, 2.05) is 0 Å². The molecule has 0 aromatic carbocycles. The Morgan fingerprint density at radius 3 is 2.50 bits per heavy atom. The number of aromatic nitrogens is 1. The number of alkyl halides is 3. The average molecular weight is 227 g/mol. The van der Waals surface area contributed by atoms with Crippen LogP contribution >= 0.6 is 11.6 Å². The van der Waals surface area contributed by atoms with Crippen LogP contribution < -0.4 is 0 Å². The van der Waals surface area contributed by atoms with Crippen LogP contribution in [-0.2, 0) is 6.18 Å². The monoisotopic (exact) mass is 226 g/mol. The fourth-order valence-corrected chi connectivity index (χ4v) is 0.953. The summed E-state index contributed by atoms with van der Waals surface area (Å²) in [4.78, 5) is 12.2. The van der Waals surface area contributed by atoms with Crippen LogP contribution in [0.15, 0.2) is 12.3 Å². The van der Waals surface area contributed by atoms with Crippen LogP contribution in [0.3, 0.4) is 0 Å². The van der Waals surface area contributed by atoms with Gasteiger partial charge in [-0.2, -0.15) is 13.2 Å². The highest BCUT2D eigenvalue weighted by Gasteiger charge is 2.38. The minimum atomic E-state index is -4.81. The largest absolute Gasteiger partial charge is 0.423 e. The van der Waals surface area contributed by atoms with Crippen LogP contribution in [-0.4, -0.2) is 9.91 Å². The van der Waals surface area contributed by atoms with E-state index < -0.39 is 27.5 Å². The average Bonchev–Trinajstić information content (AvgIpc) is 2.01. The third kappa shape index (κ3) is 2.11. The van der Waals surface area contributed by atoms with Gasteiger partial charge in [0.05, 0.1) is 4.92 Å². The first-order valence-corrected chi connectivity index (χ1v) is 3.57. The first-order chi connectivity index (χ1) is 6.32. The molecule has 1 rings (SSSR count). The molecule has 0 N–H and O–H groups in total. The number of hydrogen-bond donors (Lipinski definition) is 0. The van der Waals surface area contributed by atoms with Gasteiger partial charge in [-0.05, 0) is 6.07 Å². The number of hydrogen-bond acceptors (Lipinski definition) is 3. The molecule has 0 spiro atoms. The Morgan fingerprint density at radius 1 is 1.50 bits per heavy atom. The molecule has 0 aliphatic carbocycles. The number of halogens is 4. The molecule has 1 aromatic rings. The van der Waals surface area contributed by atoms with Crippen molar-refractivity contribution < 1.29 is 18.1 Å². The molecule has 0 fully saturated rings. The smallest absolute Gasteiger partial charge is 0.258 e. The van der Waals surface area contributed by atoms with Gasteiger partial charge in [0.15, 0.2) is 0 Å². The van der Waals surface area contributed by atoms with Gasteiger partial charge < -0.3 is 0 Å². The summed E-state index contributed by atoms with van der Waals surface area (Å²) in [7, 11) is 0. The maximum atomic E-state index is 12.2. The first-order valence-electron chi connectivity index (χ1n) is 3.19. The fraction of sp³-hybridized carbons (Fsp3) is 0.167. The van der Waals surface area contributed by atoms with E-state index in [1.54, 1.807) is 0 Å². The molecule has 0 bridgehead atoms. The summed E-state index contributed by atoms with van der Waals surface area (Å²) in [5.74, 6) is 0. The highest BCUT2D eigenvalue weighted by molar-refractivity contribution is 6.29. The van der Waals surface area contributed by atoms with Crippen LogP contribution in [0.1, 0.15) is 5.56 Å². The predicted octanol–water partition coefficient (Wildman–Crippen LogP) is 2.66. The van der Waals surface area contributed by atoms with E-state index in [0.717, 1.165) is 0 Å². The molecule has 0 aliphatic heterocycles. The van der Waals surface area contributed by atoms with E-state index in [1.165, 1.54) is 0 Å². The molecule has 1 heterocycles. The number of nitro groups is 1. The second-order valence-corrected chi connectivity index (χ2v) is 2.67. The summed E-state index contributed by atoms with van der Waals surface area (Å²) >= 11 is 5.19. The van der Waals surface area contributed by atoms with Crippen molar-refractivity contribution in [2.24, 2.45) is 0 Å². The standard InChI is InChI=1S/C6H2ClF3N2O2/c7-5-1-3(6(8,9)10)4(2-11-5)12(13)14/h1-2H. The van der Waals surface area contributed by atoms with Crippen LogP contribution in [0, 0.1) is 10.1 Å². The zero-order valence-corrected chi connectivity index (χ0v) is 7.13. The Balaban J connectivity index is 3.38. The highest BCUT2D eigenvalue weighted by atomic mass is 35.5. The maximum absolute atomic E-state index is 12.2. The van der Waals surface area contributed by atoms with Gasteiger partial charge in [-0.25, -0.2) is 4.98 Å². The van der Waals surface area contributed by atoms with E-state index in [0.29, 0.717) is 12.3 Å². The van der Waals surface area contributed by atoms with Gasteiger partial charge >= 0.3 is 6.18 Å². The molecule has 0 radical (unpaired) electrons. The second-order valence-electron chi connectivity index (χ2n) is 2.28. The van der Waals surface area contributed by atoms with E-state index in [9.17, 15) is 23.3 Å². The zero-order valence-electron chi connectivity index (χ0n) is 6.38. The molecule has 0 aliphatic rings. The van der Waals surface area contributed by atoms with E-state index in [2.05, 4.69) is 4.98 Å². The van der Waals surface area contributed by atoms with Crippen molar-refractivity contribution in [1.82, 2.24) is 4.98 Å². The predicted molar refractivity (Wildman–Crippen MR) is 40.9 cm³/mol. The lowest BCUT2D eigenvalue weighted by Crippen LogP contribution is -2.09. The molecule has 4 nitrogen and oxygen atoms in total. The third-order valence-electron chi connectivity index (χ3n) is 1.35. The lowest BCUT2D eigenvalue weighted by atomic mass is 10.2. The first kappa shape index (κ1) is 10.7. The van der Waals surface area contributed by atoms with Crippen molar-refractivity contribution in [2.75, 3.05) is 0 Å². The minimum Gasteiger partial charge on any atom is -0.258 e. The number of nitrogens with zero attached hydrogens (tertiary/aromatic N) is 2. The quantitative estimate of drug-likeness (QED) is 0.420. The summed E-state index contributed by atoms with van der Waals surface area (Å²) in [5.41, 5.74) is -2.51. The minimum absolute atomic E-state index is 0.416. The van der Waals surface area contributed by atoms with Crippen molar-refractivity contribution >= 4 is 17.3 Å². The maximum Gasteiger partial charge on any atom is 0.423 e. The van der Waals surface area contributed by atoms with Gasteiger partial charge in [0.25, 0.3) is 5.69 Å². The van der Waals surface area contributed by atoms with Crippen molar-refractivity contribution in [1.29, 1.82) is 0 Å². The van der Waals surface area contributed by atoms with E-state index in [4.69, 9.17) is 11.6 Å². The summed E-state index contributed by atoms with van der Waals surface area (Å²) in [6.45, 7) is 0. The topological polar surface area (TPSA) is 56.0 Å². The highest BCUT2D eigenvalue weighted by Crippen LogP contribution is 2.36. The van der Waals surface area contributed by atoms with Gasteiger partial charge in [0.1, 0.15) is 16.9 Å². The third-order valence-corrected chi connectivity index (χ3v) is 1.56. The van der Waals surface area contributed by atoms with Gasteiger partial charge in [-0.1, -0.05) is 11.6 Å². The van der Waals surface area contributed by atoms with Gasteiger partial charge in [-0.15, -0.1) is 0 Å².